The highest BCUT2D eigenvalue weighted by Crippen LogP contribution is 2.69. The number of ketones is 1. The Labute approximate surface area is 199 Å². The molecule has 3 fully saturated rings. The van der Waals surface area contributed by atoms with Gasteiger partial charge < -0.3 is 9.64 Å². The molecule has 3 heteroatoms. The van der Waals surface area contributed by atoms with Gasteiger partial charge in [-0.3, -0.25) is 4.79 Å². The maximum Gasteiger partial charge on any atom is 0.156 e. The van der Waals surface area contributed by atoms with E-state index in [0.717, 1.165) is 19.4 Å². The number of anilines is 1. The maximum atomic E-state index is 12.1. The standard InChI is InChI=1S/C30H39NO2/c1-19-17-26-24(23-10-9-22(32)18-25(19)23)11-14-29(2)28(26)12-15-30(29)27(13-16-33-30)20-5-7-21(8-6-20)31(3)4/h5-8,18-19,26-28H,9-17H2,1-4H3/t19?,26-,27?,28+,29+,30?/m1/s1. The Morgan fingerprint density at radius 1 is 1.03 bits per heavy atom. The molecule has 1 saturated heterocycles. The monoisotopic (exact) mass is 445 g/mol. The van der Waals surface area contributed by atoms with Gasteiger partial charge in [-0.25, -0.2) is 0 Å². The van der Waals surface area contributed by atoms with Crippen LogP contribution in [0.2, 0.25) is 0 Å². The van der Waals surface area contributed by atoms with E-state index in [-0.39, 0.29) is 11.0 Å². The second-order valence-electron chi connectivity index (χ2n) is 11.9. The lowest BCUT2D eigenvalue weighted by Gasteiger charge is -2.54. The molecule has 6 atom stereocenters. The third kappa shape index (κ3) is 3.00. The van der Waals surface area contributed by atoms with Crippen LogP contribution >= 0.6 is 0 Å². The number of carbonyl (C=O) groups is 1. The third-order valence-corrected chi connectivity index (χ3v) is 10.4. The average molecular weight is 446 g/mol. The van der Waals surface area contributed by atoms with Crippen LogP contribution in [0.15, 0.2) is 47.1 Å². The second kappa shape index (κ2) is 7.57. The lowest BCUT2D eigenvalue weighted by molar-refractivity contribution is -0.115. The van der Waals surface area contributed by atoms with Crippen LogP contribution in [-0.4, -0.2) is 32.1 Å². The molecule has 4 aliphatic carbocycles. The quantitative estimate of drug-likeness (QED) is 0.524. The van der Waals surface area contributed by atoms with Crippen LogP contribution in [0.3, 0.4) is 0 Å². The van der Waals surface area contributed by atoms with E-state index in [1.54, 1.807) is 11.1 Å². The van der Waals surface area contributed by atoms with E-state index in [1.165, 1.54) is 48.9 Å². The molecule has 1 aromatic rings. The van der Waals surface area contributed by atoms with Gasteiger partial charge in [0, 0.05) is 44.1 Å². The van der Waals surface area contributed by atoms with Crippen LogP contribution in [0.1, 0.15) is 76.7 Å². The summed E-state index contributed by atoms with van der Waals surface area (Å²) < 4.78 is 6.86. The summed E-state index contributed by atoms with van der Waals surface area (Å²) in [6.07, 6.45) is 11.0. The molecule has 176 valence electrons. The predicted molar refractivity (Wildman–Crippen MR) is 133 cm³/mol. The van der Waals surface area contributed by atoms with E-state index in [9.17, 15) is 4.79 Å². The van der Waals surface area contributed by atoms with Gasteiger partial charge >= 0.3 is 0 Å². The minimum absolute atomic E-state index is 0.0185. The van der Waals surface area contributed by atoms with E-state index in [0.29, 0.717) is 35.9 Å². The van der Waals surface area contributed by atoms with Crippen molar-refractivity contribution in [2.75, 3.05) is 25.6 Å². The van der Waals surface area contributed by atoms with Crippen molar-refractivity contribution in [1.82, 2.24) is 0 Å². The number of fused-ring (bicyclic) bond motifs is 5. The molecule has 1 aliphatic heterocycles. The number of benzene rings is 1. The smallest absolute Gasteiger partial charge is 0.156 e. The molecule has 0 radical (unpaired) electrons. The Hall–Kier alpha value is -1.87. The lowest BCUT2D eigenvalue weighted by Crippen LogP contribution is -2.52. The van der Waals surface area contributed by atoms with E-state index in [1.807, 2.05) is 6.08 Å². The van der Waals surface area contributed by atoms with Crippen molar-refractivity contribution in [2.24, 2.45) is 23.2 Å². The molecular weight excluding hydrogens is 406 g/mol. The highest BCUT2D eigenvalue weighted by atomic mass is 16.5. The fraction of sp³-hybridized carbons (Fsp3) is 0.633. The Morgan fingerprint density at radius 2 is 1.82 bits per heavy atom. The minimum Gasteiger partial charge on any atom is -0.378 e. The van der Waals surface area contributed by atoms with Crippen molar-refractivity contribution in [3.63, 3.8) is 0 Å². The molecule has 5 aliphatic rings. The Balaban J connectivity index is 1.36. The molecular formula is C30H39NO2. The molecule has 1 spiro atoms. The van der Waals surface area contributed by atoms with E-state index in [4.69, 9.17) is 4.74 Å². The highest BCUT2D eigenvalue weighted by Gasteiger charge is 2.66. The van der Waals surface area contributed by atoms with Gasteiger partial charge in [-0.15, -0.1) is 0 Å². The first-order chi connectivity index (χ1) is 15.8. The van der Waals surface area contributed by atoms with Gasteiger partial charge in [0.05, 0.1) is 5.60 Å². The number of rotatable bonds is 2. The van der Waals surface area contributed by atoms with Gasteiger partial charge in [0.15, 0.2) is 5.78 Å². The lowest BCUT2D eigenvalue weighted by atomic mass is 9.52. The summed E-state index contributed by atoms with van der Waals surface area (Å²) in [5.74, 6) is 2.73. The fourth-order valence-electron chi connectivity index (χ4n) is 8.80. The first kappa shape index (κ1) is 21.6. The van der Waals surface area contributed by atoms with E-state index in [2.05, 4.69) is 57.1 Å². The van der Waals surface area contributed by atoms with Crippen LogP contribution in [0.5, 0.6) is 0 Å². The van der Waals surface area contributed by atoms with E-state index >= 15 is 0 Å². The number of hydrogen-bond acceptors (Lipinski definition) is 3. The molecule has 1 aromatic carbocycles. The van der Waals surface area contributed by atoms with Gasteiger partial charge in [0.1, 0.15) is 0 Å². The first-order valence-electron chi connectivity index (χ1n) is 13.2. The molecule has 0 N–H and O–H groups in total. The Morgan fingerprint density at radius 3 is 2.58 bits per heavy atom. The molecule has 0 bridgehead atoms. The fourth-order valence-corrected chi connectivity index (χ4v) is 8.80. The number of nitrogens with zero attached hydrogens (tertiary/aromatic N) is 1. The largest absolute Gasteiger partial charge is 0.378 e. The van der Waals surface area contributed by atoms with Crippen molar-refractivity contribution < 1.29 is 9.53 Å². The van der Waals surface area contributed by atoms with Crippen LogP contribution in [-0.2, 0) is 9.53 Å². The van der Waals surface area contributed by atoms with Crippen molar-refractivity contribution in [3.05, 3.63) is 52.6 Å². The second-order valence-corrected chi connectivity index (χ2v) is 11.9. The molecule has 1 heterocycles. The minimum atomic E-state index is -0.0185. The van der Waals surface area contributed by atoms with Gasteiger partial charge in [0.2, 0.25) is 0 Å². The van der Waals surface area contributed by atoms with Crippen LogP contribution in [0.4, 0.5) is 5.69 Å². The SMILES string of the molecule is CC1C[C@@H]2C(=C3CCC(=O)C=C31)CC[C@@]1(C)[C@H]2CCC12OCCC2c1ccc(N(C)C)cc1. The molecule has 3 unspecified atom stereocenters. The zero-order valence-electron chi connectivity index (χ0n) is 20.8. The molecule has 6 rings (SSSR count). The van der Waals surface area contributed by atoms with Gasteiger partial charge in [-0.2, -0.15) is 0 Å². The average Bonchev–Trinajstić information content (AvgIpc) is 3.37. The molecule has 2 saturated carbocycles. The van der Waals surface area contributed by atoms with Crippen molar-refractivity contribution >= 4 is 11.5 Å². The summed E-state index contributed by atoms with van der Waals surface area (Å²) in [6.45, 7) is 5.84. The van der Waals surface area contributed by atoms with Gasteiger partial charge in [-0.1, -0.05) is 31.6 Å². The van der Waals surface area contributed by atoms with E-state index < -0.39 is 0 Å². The topological polar surface area (TPSA) is 29.5 Å². The van der Waals surface area contributed by atoms with Crippen molar-refractivity contribution in [1.29, 1.82) is 0 Å². The summed E-state index contributed by atoms with van der Waals surface area (Å²) in [5.41, 5.74) is 7.62. The number of ether oxygens (including phenoxy) is 1. The number of hydrogen-bond donors (Lipinski definition) is 0. The zero-order chi connectivity index (χ0) is 23.0. The van der Waals surface area contributed by atoms with Crippen molar-refractivity contribution in [3.8, 4) is 0 Å². The molecule has 0 aromatic heterocycles. The first-order valence-corrected chi connectivity index (χ1v) is 13.2. The Bertz CT molecular complexity index is 1030. The highest BCUT2D eigenvalue weighted by molar-refractivity contribution is 5.93. The maximum absolute atomic E-state index is 12.1. The molecule has 0 amide bonds. The number of allylic oxidation sites excluding steroid dienone is 4. The summed E-state index contributed by atoms with van der Waals surface area (Å²) in [5, 5.41) is 0. The molecule has 33 heavy (non-hydrogen) atoms. The van der Waals surface area contributed by atoms with Crippen molar-refractivity contribution in [2.45, 2.75) is 76.7 Å². The summed E-state index contributed by atoms with van der Waals surface area (Å²) in [6, 6.07) is 9.28. The predicted octanol–water partition coefficient (Wildman–Crippen LogP) is 6.45. The number of carbonyl (C=O) groups excluding carboxylic acids is 1. The summed E-state index contributed by atoms with van der Waals surface area (Å²) >= 11 is 0. The zero-order valence-corrected chi connectivity index (χ0v) is 20.8. The Kier molecular flexibility index (Phi) is 4.96. The van der Waals surface area contributed by atoms with Crippen LogP contribution < -0.4 is 4.90 Å². The summed E-state index contributed by atoms with van der Waals surface area (Å²) in [4.78, 5) is 14.3. The summed E-state index contributed by atoms with van der Waals surface area (Å²) in [7, 11) is 4.22. The third-order valence-electron chi connectivity index (χ3n) is 10.4. The normalized spacial score (nSPS) is 39.9. The van der Waals surface area contributed by atoms with Gasteiger partial charge in [0.25, 0.3) is 0 Å². The van der Waals surface area contributed by atoms with Crippen LogP contribution in [0, 0.1) is 23.2 Å². The van der Waals surface area contributed by atoms with Gasteiger partial charge in [-0.05, 0) is 97.6 Å². The van der Waals surface area contributed by atoms with Crippen LogP contribution in [0.25, 0.3) is 0 Å². The molecule has 3 nitrogen and oxygen atoms in total.